The number of carboxylic acid groups (broad SMARTS) is 2. The number of carboxylic acids is 2. The van der Waals surface area contributed by atoms with E-state index in [4.69, 9.17) is 5.11 Å². The number of para-hydroxylation sites is 2. The van der Waals surface area contributed by atoms with Crippen LogP contribution < -0.4 is 8.61 Å². The highest BCUT2D eigenvalue weighted by Gasteiger charge is 2.29. The van der Waals surface area contributed by atoms with E-state index in [0.717, 1.165) is 104 Å². The van der Waals surface area contributed by atoms with E-state index in [9.17, 15) is 31.5 Å². The number of hydrogen-bond acceptors (Lipinski definition) is 6. The third-order valence-corrected chi connectivity index (χ3v) is 17.5. The highest BCUT2D eigenvalue weighted by Crippen LogP contribution is 2.33. The lowest BCUT2D eigenvalue weighted by Crippen LogP contribution is -2.33. The van der Waals surface area contributed by atoms with Crippen molar-refractivity contribution in [2.24, 2.45) is 0 Å². The Morgan fingerprint density at radius 3 is 1.30 bits per heavy atom. The number of aromatic carboxylic acids is 2. The second-order valence-corrected chi connectivity index (χ2v) is 23.5. The molecule has 74 heavy (non-hydrogen) atoms. The molecule has 10 nitrogen and oxygen atoms in total. The monoisotopic (exact) mass is 1040 g/mol. The normalized spacial score (nSPS) is 11.6. The number of benzene rings is 6. The molecular weight excluding hydrogens is 965 g/mol. The lowest BCUT2D eigenvalue weighted by Gasteiger charge is -2.28. The first kappa shape index (κ1) is 58.6. The zero-order valence-corrected chi connectivity index (χ0v) is 46.1. The fourth-order valence-corrected chi connectivity index (χ4v) is 12.1. The van der Waals surface area contributed by atoms with Gasteiger partial charge in [-0.3, -0.25) is 8.61 Å². The van der Waals surface area contributed by atoms with Crippen molar-refractivity contribution in [3.63, 3.8) is 0 Å². The molecule has 12 heteroatoms. The third-order valence-electron chi connectivity index (χ3n) is 13.9. The number of sulfonamides is 2. The SMILES string of the molecule is CCCCCCCN(c1ccccc1CCc1ccc(C(=O)O)cc1)S(=O)(=O)c1ccc(C(C)(C)CC)cc1.CCCCCCCN(c1ccccc1CCc1ccc(C(=O)O)cc1)S(=O)(=O)c1cccc(C)c1. The van der Waals surface area contributed by atoms with Gasteiger partial charge in [-0.05, 0) is 151 Å². The standard InChI is InChI=1S/C33H43NO4S.C29H35NO4S/c1-5-7-8-9-12-25-34(39(37,38)30-23-21-29(22-24-30)33(3,4)6-2)31-14-11-10-13-27(31)18-15-26-16-19-28(20-17-26)32(35)36;1-3-4-5-6-9-21-30(35(33,34)27-13-10-11-23(2)22-27)28-14-8-7-12-25(28)18-15-24-16-19-26(20-17-24)29(31)32/h10-11,13-14,16-17,19-24H,5-9,12,15,18,25H2,1-4H3,(H,35,36);7-8,10-14,16-17,19-20,22H,3-6,9,15,18,21H2,1-2H3,(H,31,32). The van der Waals surface area contributed by atoms with Gasteiger partial charge in [-0.1, -0.05) is 171 Å². The summed E-state index contributed by atoms with van der Waals surface area (Å²) >= 11 is 0. The van der Waals surface area contributed by atoms with Crippen molar-refractivity contribution in [1.29, 1.82) is 0 Å². The van der Waals surface area contributed by atoms with E-state index in [1.807, 2.05) is 97.9 Å². The number of rotatable bonds is 28. The smallest absolute Gasteiger partial charge is 0.335 e. The van der Waals surface area contributed by atoms with Crippen LogP contribution in [0.25, 0.3) is 0 Å². The largest absolute Gasteiger partial charge is 0.478 e. The molecule has 0 unspecified atom stereocenters. The van der Waals surface area contributed by atoms with E-state index in [2.05, 4.69) is 34.6 Å². The summed E-state index contributed by atoms with van der Waals surface area (Å²) in [6.07, 6.45) is 14.0. The zero-order valence-electron chi connectivity index (χ0n) is 44.4. The molecule has 0 bridgehead atoms. The number of aryl methyl sites for hydroxylation is 5. The number of anilines is 2. The molecule has 0 saturated heterocycles. The van der Waals surface area contributed by atoms with Crippen molar-refractivity contribution in [2.45, 2.75) is 153 Å². The second kappa shape index (κ2) is 28.4. The van der Waals surface area contributed by atoms with Gasteiger partial charge in [-0.15, -0.1) is 0 Å². The maximum Gasteiger partial charge on any atom is 0.335 e. The van der Waals surface area contributed by atoms with Gasteiger partial charge in [0.2, 0.25) is 0 Å². The summed E-state index contributed by atoms with van der Waals surface area (Å²) < 4.78 is 58.9. The molecule has 6 rings (SSSR count). The summed E-state index contributed by atoms with van der Waals surface area (Å²) in [5, 5.41) is 18.3. The Bertz CT molecular complexity index is 2930. The Hall–Kier alpha value is -6.24. The maximum atomic E-state index is 14.1. The minimum Gasteiger partial charge on any atom is -0.478 e. The van der Waals surface area contributed by atoms with Gasteiger partial charge in [0.05, 0.1) is 32.3 Å². The summed E-state index contributed by atoms with van der Waals surface area (Å²) in [5.41, 5.74) is 7.91. The summed E-state index contributed by atoms with van der Waals surface area (Å²) in [7, 11) is -7.49. The minimum absolute atomic E-state index is 0.0173. The topological polar surface area (TPSA) is 149 Å². The molecule has 6 aromatic rings. The first-order chi connectivity index (χ1) is 35.4. The average molecular weight is 1040 g/mol. The summed E-state index contributed by atoms with van der Waals surface area (Å²) in [5.74, 6) is -1.89. The fraction of sp³-hybridized carbons (Fsp3) is 0.387. The molecule has 0 aliphatic carbocycles. The molecule has 0 heterocycles. The van der Waals surface area contributed by atoms with Crippen LogP contribution in [0.2, 0.25) is 0 Å². The Kier molecular flexibility index (Phi) is 22.5. The molecule has 0 amide bonds. The molecule has 0 aliphatic heterocycles. The highest BCUT2D eigenvalue weighted by molar-refractivity contribution is 7.93. The van der Waals surface area contributed by atoms with Gasteiger partial charge in [-0.2, -0.15) is 0 Å². The molecule has 0 aromatic heterocycles. The number of carbonyl (C=O) groups is 2. The molecular formula is C62H78N2O8S2. The summed E-state index contributed by atoms with van der Waals surface area (Å²) in [4.78, 5) is 22.9. The van der Waals surface area contributed by atoms with Crippen molar-refractivity contribution < 1.29 is 36.6 Å². The van der Waals surface area contributed by atoms with Crippen LogP contribution in [0.4, 0.5) is 11.4 Å². The van der Waals surface area contributed by atoms with Crippen molar-refractivity contribution in [3.05, 3.63) is 190 Å². The molecule has 2 N–H and O–H groups in total. The molecule has 0 saturated carbocycles. The van der Waals surface area contributed by atoms with Gasteiger partial charge in [0.1, 0.15) is 0 Å². The molecule has 0 radical (unpaired) electrons. The molecule has 6 aromatic carbocycles. The van der Waals surface area contributed by atoms with Crippen LogP contribution in [0.5, 0.6) is 0 Å². The van der Waals surface area contributed by atoms with E-state index in [1.54, 1.807) is 63.2 Å². The third kappa shape index (κ3) is 16.6. The second-order valence-electron chi connectivity index (χ2n) is 19.8. The quantitative estimate of drug-likeness (QED) is 0.0461. The Morgan fingerprint density at radius 2 is 0.892 bits per heavy atom. The molecule has 0 atom stereocenters. The first-order valence-electron chi connectivity index (χ1n) is 26.5. The van der Waals surface area contributed by atoms with Crippen molar-refractivity contribution >= 4 is 43.4 Å². The molecule has 0 spiro atoms. The van der Waals surface area contributed by atoms with E-state index in [-0.39, 0.29) is 16.5 Å². The van der Waals surface area contributed by atoms with Crippen LogP contribution in [0.3, 0.4) is 0 Å². The fourth-order valence-electron chi connectivity index (χ4n) is 8.89. The van der Waals surface area contributed by atoms with Crippen LogP contribution in [-0.2, 0) is 51.1 Å². The van der Waals surface area contributed by atoms with Crippen LogP contribution >= 0.6 is 0 Å². The lowest BCUT2D eigenvalue weighted by atomic mass is 9.82. The maximum absolute atomic E-state index is 14.1. The molecule has 0 fully saturated rings. The van der Waals surface area contributed by atoms with Gasteiger partial charge in [-0.25, -0.2) is 26.4 Å². The molecule has 396 valence electrons. The molecule has 0 aliphatic rings. The van der Waals surface area contributed by atoms with Crippen molar-refractivity contribution in [2.75, 3.05) is 21.7 Å². The number of nitrogens with zero attached hydrogens (tertiary/aromatic N) is 2. The van der Waals surface area contributed by atoms with Gasteiger partial charge < -0.3 is 10.2 Å². The number of hydrogen-bond donors (Lipinski definition) is 2. The van der Waals surface area contributed by atoms with E-state index in [1.165, 1.54) is 0 Å². The number of unbranched alkanes of at least 4 members (excludes halogenated alkanes) is 8. The van der Waals surface area contributed by atoms with Gasteiger partial charge in [0.15, 0.2) is 0 Å². The Labute approximate surface area is 442 Å². The van der Waals surface area contributed by atoms with Gasteiger partial charge in [0.25, 0.3) is 20.0 Å². The van der Waals surface area contributed by atoms with E-state index in [0.29, 0.717) is 59.9 Å². The first-order valence-corrected chi connectivity index (χ1v) is 29.3. The predicted octanol–water partition coefficient (Wildman–Crippen LogP) is 14.7. The highest BCUT2D eigenvalue weighted by atomic mass is 32.2. The van der Waals surface area contributed by atoms with Gasteiger partial charge >= 0.3 is 11.9 Å². The van der Waals surface area contributed by atoms with Crippen LogP contribution in [0.15, 0.2) is 155 Å². The minimum atomic E-state index is -3.77. The average Bonchev–Trinajstić information content (AvgIpc) is 3.40. The predicted molar refractivity (Wildman–Crippen MR) is 302 cm³/mol. The Balaban J connectivity index is 0.000000276. The van der Waals surface area contributed by atoms with E-state index < -0.39 is 32.0 Å². The van der Waals surface area contributed by atoms with E-state index >= 15 is 0 Å². The Morgan fingerprint density at radius 1 is 0.473 bits per heavy atom. The summed E-state index contributed by atoms with van der Waals surface area (Å²) in [6.45, 7) is 13.6. The zero-order chi connectivity index (χ0) is 53.7. The van der Waals surface area contributed by atoms with Crippen molar-refractivity contribution in [1.82, 2.24) is 0 Å². The van der Waals surface area contributed by atoms with Crippen LogP contribution in [0, 0.1) is 6.92 Å². The lowest BCUT2D eigenvalue weighted by molar-refractivity contribution is 0.0686. The van der Waals surface area contributed by atoms with Crippen molar-refractivity contribution in [3.8, 4) is 0 Å². The van der Waals surface area contributed by atoms with Crippen LogP contribution in [0.1, 0.15) is 159 Å². The van der Waals surface area contributed by atoms with Gasteiger partial charge in [0, 0.05) is 13.1 Å². The van der Waals surface area contributed by atoms with Crippen LogP contribution in [-0.4, -0.2) is 52.1 Å². The summed E-state index contributed by atoms with van der Waals surface area (Å²) in [6, 6.07) is 43.6.